The van der Waals surface area contributed by atoms with Gasteiger partial charge in [-0.3, -0.25) is 4.79 Å². The van der Waals surface area contributed by atoms with Crippen LogP contribution in [0.5, 0.6) is 0 Å². The smallest absolute Gasteiger partial charge is 0.239 e. The van der Waals surface area contributed by atoms with Crippen molar-refractivity contribution in [3.05, 3.63) is 0 Å². The zero-order valence-corrected chi connectivity index (χ0v) is 11.6. The van der Waals surface area contributed by atoms with Gasteiger partial charge in [-0.1, -0.05) is 0 Å². The van der Waals surface area contributed by atoms with E-state index in [9.17, 15) is 4.79 Å². The molecule has 0 spiro atoms. The minimum absolute atomic E-state index is 0.104. The van der Waals surface area contributed by atoms with Crippen LogP contribution in [-0.2, 0) is 4.79 Å². The number of amides is 1. The van der Waals surface area contributed by atoms with Gasteiger partial charge in [0.15, 0.2) is 0 Å². The molecule has 0 saturated carbocycles. The molecular formula is C13H27N3O. The lowest BCUT2D eigenvalue weighted by Gasteiger charge is -2.39. The Balaban J connectivity index is 2.63. The Hall–Kier alpha value is -0.610. The van der Waals surface area contributed by atoms with Crippen LogP contribution in [-0.4, -0.2) is 54.0 Å². The van der Waals surface area contributed by atoms with Crippen LogP contribution in [0.1, 0.15) is 40.0 Å². The predicted molar refractivity (Wildman–Crippen MR) is 70.8 cm³/mol. The van der Waals surface area contributed by atoms with Gasteiger partial charge in [0.05, 0.1) is 6.04 Å². The maximum Gasteiger partial charge on any atom is 0.239 e. The monoisotopic (exact) mass is 241 g/mol. The summed E-state index contributed by atoms with van der Waals surface area (Å²) in [5, 5.41) is 0. The van der Waals surface area contributed by atoms with Gasteiger partial charge in [0.25, 0.3) is 0 Å². The summed E-state index contributed by atoms with van der Waals surface area (Å²) in [6, 6.07) is 0.485. The van der Waals surface area contributed by atoms with Crippen molar-refractivity contribution in [1.29, 1.82) is 0 Å². The van der Waals surface area contributed by atoms with Crippen molar-refractivity contribution in [2.75, 3.05) is 20.1 Å². The number of carbonyl (C=O) groups is 1. The van der Waals surface area contributed by atoms with E-state index in [4.69, 9.17) is 5.73 Å². The lowest BCUT2D eigenvalue weighted by molar-refractivity contribution is -0.136. The van der Waals surface area contributed by atoms with Crippen LogP contribution in [0.25, 0.3) is 0 Å². The molecule has 1 saturated heterocycles. The van der Waals surface area contributed by atoms with Gasteiger partial charge in [0.1, 0.15) is 0 Å². The molecular weight excluding hydrogens is 214 g/mol. The Morgan fingerprint density at radius 2 is 2.06 bits per heavy atom. The second kappa shape index (κ2) is 6.36. The standard InChI is InChI=1S/C13H27N3O/c1-10(2)15(4)9-12-7-5-6-8-16(12)13(17)11(3)14/h10-12H,5-9,14H2,1-4H3/t11-,12+/m0/s1. The fourth-order valence-corrected chi connectivity index (χ4v) is 2.29. The summed E-state index contributed by atoms with van der Waals surface area (Å²) < 4.78 is 0. The number of likely N-dealkylation sites (tertiary alicyclic amines) is 1. The fraction of sp³-hybridized carbons (Fsp3) is 0.923. The van der Waals surface area contributed by atoms with Crippen molar-refractivity contribution in [3.63, 3.8) is 0 Å². The van der Waals surface area contributed by atoms with Gasteiger partial charge < -0.3 is 15.5 Å². The van der Waals surface area contributed by atoms with Crippen LogP contribution in [0, 0.1) is 0 Å². The summed E-state index contributed by atoms with van der Waals surface area (Å²) in [5.41, 5.74) is 5.71. The molecule has 1 amide bonds. The Morgan fingerprint density at radius 3 is 2.59 bits per heavy atom. The second-order valence-electron chi connectivity index (χ2n) is 5.50. The highest BCUT2D eigenvalue weighted by Gasteiger charge is 2.29. The number of nitrogens with two attached hydrogens (primary N) is 1. The van der Waals surface area contributed by atoms with Crippen LogP contribution in [0.2, 0.25) is 0 Å². The van der Waals surface area contributed by atoms with E-state index in [0.717, 1.165) is 25.9 Å². The van der Waals surface area contributed by atoms with Gasteiger partial charge in [0, 0.05) is 25.2 Å². The Kier molecular flexibility index (Phi) is 5.40. The van der Waals surface area contributed by atoms with Gasteiger partial charge in [0.2, 0.25) is 5.91 Å². The van der Waals surface area contributed by atoms with Crippen molar-refractivity contribution in [2.45, 2.75) is 58.2 Å². The summed E-state index contributed by atoms with van der Waals surface area (Å²) >= 11 is 0. The van der Waals surface area contributed by atoms with E-state index in [1.165, 1.54) is 6.42 Å². The summed E-state index contributed by atoms with van der Waals surface area (Å²) in [5.74, 6) is 0.104. The molecule has 1 aliphatic rings. The minimum atomic E-state index is -0.375. The first-order valence-corrected chi connectivity index (χ1v) is 6.69. The van der Waals surface area contributed by atoms with Crippen molar-refractivity contribution >= 4 is 5.91 Å². The molecule has 0 bridgehead atoms. The minimum Gasteiger partial charge on any atom is -0.337 e. The van der Waals surface area contributed by atoms with E-state index >= 15 is 0 Å². The predicted octanol–water partition coefficient (Wildman–Crippen LogP) is 1.05. The number of rotatable bonds is 4. The average Bonchev–Trinajstić information content (AvgIpc) is 2.28. The molecule has 1 heterocycles. The number of nitrogens with zero attached hydrogens (tertiary/aromatic N) is 2. The summed E-state index contributed by atoms with van der Waals surface area (Å²) in [6.45, 7) is 7.97. The maximum absolute atomic E-state index is 12.0. The van der Waals surface area contributed by atoms with Gasteiger partial charge in [-0.05, 0) is 47.1 Å². The first kappa shape index (κ1) is 14.5. The van der Waals surface area contributed by atoms with E-state index in [1.807, 2.05) is 4.90 Å². The number of hydrogen-bond acceptors (Lipinski definition) is 3. The zero-order valence-electron chi connectivity index (χ0n) is 11.6. The average molecular weight is 241 g/mol. The molecule has 0 radical (unpaired) electrons. The normalized spacial score (nSPS) is 23.2. The van der Waals surface area contributed by atoms with E-state index in [-0.39, 0.29) is 11.9 Å². The van der Waals surface area contributed by atoms with E-state index in [0.29, 0.717) is 12.1 Å². The fourth-order valence-electron chi connectivity index (χ4n) is 2.29. The van der Waals surface area contributed by atoms with E-state index in [1.54, 1.807) is 6.92 Å². The largest absolute Gasteiger partial charge is 0.337 e. The SMILES string of the molecule is CC(C)N(C)C[C@H]1CCCCN1C(=O)[C@H](C)N. The summed E-state index contributed by atoms with van der Waals surface area (Å²) in [4.78, 5) is 16.3. The third-order valence-electron chi connectivity index (χ3n) is 3.68. The van der Waals surface area contributed by atoms with Crippen molar-refractivity contribution in [2.24, 2.45) is 5.73 Å². The topological polar surface area (TPSA) is 49.6 Å². The molecule has 1 fully saturated rings. The van der Waals surface area contributed by atoms with Crippen LogP contribution in [0.3, 0.4) is 0 Å². The quantitative estimate of drug-likeness (QED) is 0.800. The lowest BCUT2D eigenvalue weighted by atomic mass is 10.0. The molecule has 0 unspecified atom stereocenters. The summed E-state index contributed by atoms with van der Waals surface area (Å²) in [6.07, 6.45) is 3.44. The highest BCUT2D eigenvalue weighted by atomic mass is 16.2. The number of likely N-dealkylation sites (N-methyl/N-ethyl adjacent to an activating group) is 1. The lowest BCUT2D eigenvalue weighted by Crippen LogP contribution is -2.53. The van der Waals surface area contributed by atoms with Gasteiger partial charge in [-0.15, -0.1) is 0 Å². The van der Waals surface area contributed by atoms with Crippen LogP contribution < -0.4 is 5.73 Å². The van der Waals surface area contributed by atoms with Gasteiger partial charge in [-0.25, -0.2) is 0 Å². The van der Waals surface area contributed by atoms with Crippen molar-refractivity contribution < 1.29 is 4.79 Å². The van der Waals surface area contributed by atoms with E-state index < -0.39 is 0 Å². The first-order valence-electron chi connectivity index (χ1n) is 6.69. The molecule has 100 valence electrons. The molecule has 1 rings (SSSR count). The van der Waals surface area contributed by atoms with E-state index in [2.05, 4.69) is 25.8 Å². The number of hydrogen-bond donors (Lipinski definition) is 1. The maximum atomic E-state index is 12.0. The summed E-state index contributed by atoms with van der Waals surface area (Å²) in [7, 11) is 2.12. The molecule has 4 nitrogen and oxygen atoms in total. The molecule has 0 aromatic heterocycles. The molecule has 0 aromatic carbocycles. The number of piperidine rings is 1. The van der Waals surface area contributed by atoms with Gasteiger partial charge >= 0.3 is 0 Å². The van der Waals surface area contributed by atoms with Crippen LogP contribution in [0.4, 0.5) is 0 Å². The Labute approximate surface area is 105 Å². The van der Waals surface area contributed by atoms with Crippen LogP contribution in [0.15, 0.2) is 0 Å². The molecule has 2 N–H and O–H groups in total. The molecule has 2 atom stereocenters. The molecule has 4 heteroatoms. The highest BCUT2D eigenvalue weighted by Crippen LogP contribution is 2.19. The molecule has 0 aliphatic carbocycles. The van der Waals surface area contributed by atoms with Crippen LogP contribution >= 0.6 is 0 Å². The van der Waals surface area contributed by atoms with Crippen molar-refractivity contribution in [1.82, 2.24) is 9.80 Å². The highest BCUT2D eigenvalue weighted by molar-refractivity contribution is 5.81. The molecule has 1 aliphatic heterocycles. The zero-order chi connectivity index (χ0) is 13.0. The molecule has 17 heavy (non-hydrogen) atoms. The van der Waals surface area contributed by atoms with Crippen molar-refractivity contribution in [3.8, 4) is 0 Å². The Bertz CT molecular complexity index is 253. The second-order valence-corrected chi connectivity index (χ2v) is 5.50. The third-order valence-corrected chi connectivity index (χ3v) is 3.68. The number of carbonyl (C=O) groups excluding carboxylic acids is 1. The van der Waals surface area contributed by atoms with Gasteiger partial charge in [-0.2, -0.15) is 0 Å². The Morgan fingerprint density at radius 1 is 1.41 bits per heavy atom. The molecule has 0 aromatic rings. The third kappa shape index (κ3) is 3.96. The first-order chi connectivity index (χ1) is 7.93.